The Morgan fingerprint density at radius 3 is 2.65 bits per heavy atom. The maximum atomic E-state index is 11.6. The van der Waals surface area contributed by atoms with E-state index in [4.69, 9.17) is 16.9 Å². The molecule has 4 heteroatoms. The Morgan fingerprint density at radius 2 is 2.12 bits per heavy atom. The van der Waals surface area contributed by atoms with Crippen molar-refractivity contribution in [1.29, 1.82) is 5.26 Å². The maximum absolute atomic E-state index is 11.6. The zero-order chi connectivity index (χ0) is 12.8. The summed E-state index contributed by atoms with van der Waals surface area (Å²) in [5, 5.41) is 12.4. The third-order valence-electron chi connectivity index (χ3n) is 2.28. The number of benzene rings is 1. The zero-order valence-electron chi connectivity index (χ0n) is 9.90. The van der Waals surface area contributed by atoms with Gasteiger partial charge in [-0.3, -0.25) is 4.79 Å². The van der Waals surface area contributed by atoms with Crippen LogP contribution < -0.4 is 5.32 Å². The topological polar surface area (TPSA) is 52.9 Å². The molecule has 1 amide bonds. The summed E-state index contributed by atoms with van der Waals surface area (Å²) in [5.41, 5.74) is 0.704. The van der Waals surface area contributed by atoms with Gasteiger partial charge in [0.25, 0.3) is 0 Å². The largest absolute Gasteiger partial charge is 0.354 e. The quantitative estimate of drug-likeness (QED) is 0.893. The van der Waals surface area contributed by atoms with Crippen molar-refractivity contribution < 1.29 is 4.79 Å². The SMILES string of the molecule is CC(C)NC(=O)CC(C#N)c1ccccc1Cl. The van der Waals surface area contributed by atoms with Crippen LogP contribution in [0.2, 0.25) is 5.02 Å². The Bertz CT molecular complexity index is 437. The van der Waals surface area contributed by atoms with Crippen molar-refractivity contribution in [3.63, 3.8) is 0 Å². The van der Waals surface area contributed by atoms with Gasteiger partial charge in [-0.05, 0) is 25.5 Å². The lowest BCUT2D eigenvalue weighted by molar-refractivity contribution is -0.121. The second-order valence-corrected chi connectivity index (χ2v) is 4.54. The van der Waals surface area contributed by atoms with Gasteiger partial charge in [0.2, 0.25) is 5.91 Å². The number of rotatable bonds is 4. The average Bonchev–Trinajstić information content (AvgIpc) is 2.26. The van der Waals surface area contributed by atoms with Crippen LogP contribution in [0.1, 0.15) is 31.7 Å². The molecule has 90 valence electrons. The molecule has 0 aromatic heterocycles. The summed E-state index contributed by atoms with van der Waals surface area (Å²) in [4.78, 5) is 11.6. The number of carbonyl (C=O) groups is 1. The van der Waals surface area contributed by atoms with E-state index >= 15 is 0 Å². The minimum absolute atomic E-state index is 0.0769. The Kier molecular flexibility index (Phi) is 4.99. The number of nitriles is 1. The van der Waals surface area contributed by atoms with E-state index in [1.54, 1.807) is 18.2 Å². The van der Waals surface area contributed by atoms with Gasteiger partial charge >= 0.3 is 0 Å². The Balaban J connectivity index is 2.77. The number of nitrogens with zero attached hydrogens (tertiary/aromatic N) is 1. The molecule has 0 spiro atoms. The van der Waals surface area contributed by atoms with Gasteiger partial charge in [-0.1, -0.05) is 29.8 Å². The van der Waals surface area contributed by atoms with Crippen LogP contribution in [0.5, 0.6) is 0 Å². The van der Waals surface area contributed by atoms with Crippen LogP contribution in [0.15, 0.2) is 24.3 Å². The number of amides is 1. The highest BCUT2D eigenvalue weighted by Crippen LogP contribution is 2.26. The molecule has 1 aromatic carbocycles. The fourth-order valence-electron chi connectivity index (χ4n) is 1.55. The molecule has 1 aromatic rings. The van der Waals surface area contributed by atoms with Crippen molar-refractivity contribution in [2.24, 2.45) is 0 Å². The molecule has 0 heterocycles. The van der Waals surface area contributed by atoms with Crippen molar-refractivity contribution in [3.8, 4) is 6.07 Å². The van der Waals surface area contributed by atoms with Crippen LogP contribution in [0.4, 0.5) is 0 Å². The first kappa shape index (κ1) is 13.5. The first-order valence-electron chi connectivity index (χ1n) is 5.48. The molecule has 0 saturated heterocycles. The second kappa shape index (κ2) is 6.27. The predicted molar refractivity (Wildman–Crippen MR) is 67.7 cm³/mol. The van der Waals surface area contributed by atoms with Crippen molar-refractivity contribution in [2.75, 3.05) is 0 Å². The Morgan fingerprint density at radius 1 is 1.47 bits per heavy atom. The highest BCUT2D eigenvalue weighted by molar-refractivity contribution is 6.31. The molecule has 0 aliphatic heterocycles. The van der Waals surface area contributed by atoms with Crippen molar-refractivity contribution >= 4 is 17.5 Å². The highest BCUT2D eigenvalue weighted by Gasteiger charge is 2.18. The van der Waals surface area contributed by atoms with Crippen LogP contribution >= 0.6 is 11.6 Å². The lowest BCUT2D eigenvalue weighted by Crippen LogP contribution is -2.31. The lowest BCUT2D eigenvalue weighted by Gasteiger charge is -2.13. The number of nitrogens with one attached hydrogen (secondary N) is 1. The molecule has 0 saturated carbocycles. The number of carbonyl (C=O) groups excluding carboxylic acids is 1. The smallest absolute Gasteiger partial charge is 0.221 e. The fraction of sp³-hybridized carbons (Fsp3) is 0.385. The summed E-state index contributed by atoms with van der Waals surface area (Å²) in [6.45, 7) is 3.77. The third kappa shape index (κ3) is 4.08. The minimum Gasteiger partial charge on any atom is -0.354 e. The molecular weight excluding hydrogens is 236 g/mol. The van der Waals surface area contributed by atoms with Gasteiger partial charge in [-0.2, -0.15) is 5.26 Å². The summed E-state index contributed by atoms with van der Waals surface area (Å²) >= 11 is 6.00. The van der Waals surface area contributed by atoms with Gasteiger partial charge in [0.1, 0.15) is 0 Å². The van der Waals surface area contributed by atoms with Crippen molar-refractivity contribution in [3.05, 3.63) is 34.9 Å². The van der Waals surface area contributed by atoms with Crippen LogP contribution in [0.3, 0.4) is 0 Å². The van der Waals surface area contributed by atoms with Crippen LogP contribution in [-0.4, -0.2) is 11.9 Å². The van der Waals surface area contributed by atoms with E-state index in [0.29, 0.717) is 10.6 Å². The van der Waals surface area contributed by atoms with Crippen LogP contribution in [0.25, 0.3) is 0 Å². The van der Waals surface area contributed by atoms with E-state index in [0.717, 1.165) is 0 Å². The standard InChI is InChI=1S/C13H15ClN2O/c1-9(2)16-13(17)7-10(8-15)11-5-3-4-6-12(11)14/h3-6,9-10H,7H2,1-2H3,(H,16,17). The zero-order valence-corrected chi connectivity index (χ0v) is 10.7. The summed E-state index contributed by atoms with van der Waals surface area (Å²) < 4.78 is 0. The molecule has 1 rings (SSSR count). The summed E-state index contributed by atoms with van der Waals surface area (Å²) in [7, 11) is 0. The average molecular weight is 251 g/mol. The first-order chi connectivity index (χ1) is 8.04. The van der Waals surface area contributed by atoms with Crippen LogP contribution in [-0.2, 0) is 4.79 Å². The van der Waals surface area contributed by atoms with E-state index in [-0.39, 0.29) is 18.4 Å². The lowest BCUT2D eigenvalue weighted by atomic mass is 9.97. The van der Waals surface area contributed by atoms with E-state index in [1.807, 2.05) is 19.9 Å². The molecule has 0 fully saturated rings. The van der Waals surface area contributed by atoms with Gasteiger partial charge in [-0.25, -0.2) is 0 Å². The molecule has 1 unspecified atom stereocenters. The van der Waals surface area contributed by atoms with Gasteiger partial charge < -0.3 is 5.32 Å². The number of hydrogen-bond acceptors (Lipinski definition) is 2. The molecule has 17 heavy (non-hydrogen) atoms. The fourth-order valence-corrected chi connectivity index (χ4v) is 1.82. The molecular formula is C13H15ClN2O. The van der Waals surface area contributed by atoms with E-state index in [2.05, 4.69) is 11.4 Å². The van der Waals surface area contributed by atoms with E-state index in [9.17, 15) is 4.79 Å². The summed E-state index contributed by atoms with van der Waals surface area (Å²) in [6.07, 6.45) is 0.137. The van der Waals surface area contributed by atoms with Gasteiger partial charge in [0, 0.05) is 17.5 Å². The monoisotopic (exact) mass is 250 g/mol. The Hall–Kier alpha value is -1.53. The van der Waals surface area contributed by atoms with Gasteiger partial charge in [0.15, 0.2) is 0 Å². The molecule has 0 aliphatic carbocycles. The van der Waals surface area contributed by atoms with E-state index in [1.165, 1.54) is 0 Å². The molecule has 1 atom stereocenters. The number of halogens is 1. The van der Waals surface area contributed by atoms with Gasteiger partial charge in [-0.15, -0.1) is 0 Å². The Labute approximate surface area is 106 Å². The third-order valence-corrected chi connectivity index (χ3v) is 2.62. The first-order valence-corrected chi connectivity index (χ1v) is 5.85. The normalized spacial score (nSPS) is 11.9. The molecule has 3 nitrogen and oxygen atoms in total. The predicted octanol–water partition coefficient (Wildman–Crippen LogP) is 2.86. The summed E-state index contributed by atoms with van der Waals surface area (Å²) in [5.74, 6) is -0.631. The number of hydrogen-bond donors (Lipinski definition) is 1. The molecule has 1 N–H and O–H groups in total. The summed E-state index contributed by atoms with van der Waals surface area (Å²) in [6, 6.07) is 9.31. The molecule has 0 bridgehead atoms. The van der Waals surface area contributed by atoms with Crippen LogP contribution in [0, 0.1) is 11.3 Å². The molecule has 0 radical (unpaired) electrons. The second-order valence-electron chi connectivity index (χ2n) is 4.13. The molecule has 0 aliphatic rings. The maximum Gasteiger partial charge on any atom is 0.221 e. The van der Waals surface area contributed by atoms with Crippen molar-refractivity contribution in [1.82, 2.24) is 5.32 Å². The highest BCUT2D eigenvalue weighted by atomic mass is 35.5. The minimum atomic E-state index is -0.498. The van der Waals surface area contributed by atoms with Gasteiger partial charge in [0.05, 0.1) is 12.0 Å². The van der Waals surface area contributed by atoms with Crippen molar-refractivity contribution in [2.45, 2.75) is 32.2 Å². The van der Waals surface area contributed by atoms with E-state index < -0.39 is 5.92 Å².